The zero-order valence-corrected chi connectivity index (χ0v) is 10.5. The van der Waals surface area contributed by atoms with Gasteiger partial charge in [-0.25, -0.2) is 0 Å². The normalized spacial score (nSPS) is 9.59. The summed E-state index contributed by atoms with van der Waals surface area (Å²) in [6.07, 6.45) is 1.36. The highest BCUT2D eigenvalue weighted by Gasteiger charge is 2.00. The summed E-state index contributed by atoms with van der Waals surface area (Å²) in [5.74, 6) is 1.45. The number of hydrogen-bond acceptors (Lipinski definition) is 3. The number of carbonyl (C=O) groups excluding carboxylic acids is 1. The van der Waals surface area contributed by atoms with E-state index >= 15 is 0 Å². The molecule has 1 aromatic carbocycles. The van der Waals surface area contributed by atoms with Crippen molar-refractivity contribution >= 4 is 17.7 Å². The topological polar surface area (TPSA) is 52.9 Å². The smallest absolute Gasteiger partial charge is 0.220 e. The fourth-order valence-corrected chi connectivity index (χ4v) is 1.92. The SMILES string of the molecule is N#CCSCCCC(=O)NCc1ccccc1. The number of thioether (sulfide) groups is 1. The lowest BCUT2D eigenvalue weighted by molar-refractivity contribution is -0.121. The van der Waals surface area contributed by atoms with Gasteiger partial charge < -0.3 is 5.32 Å². The van der Waals surface area contributed by atoms with E-state index in [0.29, 0.717) is 18.7 Å². The van der Waals surface area contributed by atoms with Gasteiger partial charge in [0.25, 0.3) is 0 Å². The van der Waals surface area contributed by atoms with E-state index < -0.39 is 0 Å². The number of benzene rings is 1. The molecular formula is C13H16N2OS. The quantitative estimate of drug-likeness (QED) is 0.753. The van der Waals surface area contributed by atoms with Crippen LogP contribution in [0.15, 0.2) is 30.3 Å². The molecule has 0 saturated heterocycles. The molecule has 0 spiro atoms. The predicted octanol–water partition coefficient (Wildman–Crippen LogP) is 2.34. The van der Waals surface area contributed by atoms with Gasteiger partial charge in [-0.1, -0.05) is 30.3 Å². The Morgan fingerprint density at radius 3 is 2.82 bits per heavy atom. The van der Waals surface area contributed by atoms with Gasteiger partial charge in [-0.15, -0.1) is 11.8 Å². The maximum atomic E-state index is 11.5. The minimum Gasteiger partial charge on any atom is -0.352 e. The second-order valence-corrected chi connectivity index (χ2v) is 4.68. The van der Waals surface area contributed by atoms with Crippen LogP contribution in [0.2, 0.25) is 0 Å². The van der Waals surface area contributed by atoms with Crippen molar-refractivity contribution in [2.24, 2.45) is 0 Å². The average molecular weight is 248 g/mol. The molecule has 1 aromatic rings. The zero-order valence-electron chi connectivity index (χ0n) is 9.69. The Morgan fingerprint density at radius 1 is 1.35 bits per heavy atom. The molecule has 3 nitrogen and oxygen atoms in total. The van der Waals surface area contributed by atoms with Crippen molar-refractivity contribution in [2.45, 2.75) is 19.4 Å². The molecular weight excluding hydrogens is 232 g/mol. The molecule has 1 N–H and O–H groups in total. The first-order valence-electron chi connectivity index (χ1n) is 5.58. The van der Waals surface area contributed by atoms with Gasteiger partial charge in [0.1, 0.15) is 0 Å². The molecule has 0 radical (unpaired) electrons. The summed E-state index contributed by atoms with van der Waals surface area (Å²) in [5, 5.41) is 11.2. The lowest BCUT2D eigenvalue weighted by Gasteiger charge is -2.04. The minimum atomic E-state index is 0.0754. The first kappa shape index (κ1) is 13.6. The number of amides is 1. The van der Waals surface area contributed by atoms with Crippen molar-refractivity contribution < 1.29 is 4.79 Å². The third kappa shape index (κ3) is 6.64. The van der Waals surface area contributed by atoms with Crippen LogP contribution in [0.1, 0.15) is 18.4 Å². The van der Waals surface area contributed by atoms with Crippen LogP contribution in [0, 0.1) is 11.3 Å². The second-order valence-electron chi connectivity index (χ2n) is 3.58. The number of nitrogens with zero attached hydrogens (tertiary/aromatic N) is 1. The van der Waals surface area contributed by atoms with Gasteiger partial charge in [0.05, 0.1) is 11.8 Å². The van der Waals surface area contributed by atoms with Crippen molar-refractivity contribution in [2.75, 3.05) is 11.5 Å². The molecule has 90 valence electrons. The molecule has 0 aliphatic carbocycles. The molecule has 0 aromatic heterocycles. The lowest BCUT2D eigenvalue weighted by Crippen LogP contribution is -2.22. The number of rotatable bonds is 7. The molecule has 0 unspecified atom stereocenters. The Morgan fingerprint density at radius 2 is 2.12 bits per heavy atom. The van der Waals surface area contributed by atoms with E-state index in [9.17, 15) is 4.79 Å². The van der Waals surface area contributed by atoms with Crippen LogP contribution in [-0.4, -0.2) is 17.4 Å². The second kappa shape index (κ2) is 8.66. The molecule has 1 rings (SSSR count). The molecule has 0 bridgehead atoms. The van der Waals surface area contributed by atoms with Crippen LogP contribution in [0.25, 0.3) is 0 Å². The molecule has 4 heteroatoms. The lowest BCUT2D eigenvalue weighted by atomic mass is 10.2. The van der Waals surface area contributed by atoms with Crippen molar-refractivity contribution in [3.05, 3.63) is 35.9 Å². The third-order valence-corrected chi connectivity index (χ3v) is 3.10. The molecule has 0 heterocycles. The number of nitriles is 1. The Balaban J connectivity index is 2.08. The van der Waals surface area contributed by atoms with Crippen LogP contribution in [0.3, 0.4) is 0 Å². The van der Waals surface area contributed by atoms with Gasteiger partial charge in [0, 0.05) is 13.0 Å². The highest BCUT2D eigenvalue weighted by Crippen LogP contribution is 2.03. The maximum Gasteiger partial charge on any atom is 0.220 e. The molecule has 0 atom stereocenters. The van der Waals surface area contributed by atoms with E-state index in [0.717, 1.165) is 17.7 Å². The van der Waals surface area contributed by atoms with Gasteiger partial charge in [-0.3, -0.25) is 4.79 Å². The average Bonchev–Trinajstić information content (AvgIpc) is 2.37. The first-order valence-corrected chi connectivity index (χ1v) is 6.73. The third-order valence-electron chi connectivity index (χ3n) is 2.19. The van der Waals surface area contributed by atoms with Crippen molar-refractivity contribution in [3.63, 3.8) is 0 Å². The summed E-state index contributed by atoms with van der Waals surface area (Å²) in [6, 6.07) is 11.9. The number of carbonyl (C=O) groups is 1. The van der Waals surface area contributed by atoms with E-state index in [2.05, 4.69) is 11.4 Å². The molecule has 1 amide bonds. The number of nitrogens with one attached hydrogen (secondary N) is 1. The molecule has 17 heavy (non-hydrogen) atoms. The van der Waals surface area contributed by atoms with E-state index in [-0.39, 0.29) is 5.91 Å². The number of hydrogen-bond donors (Lipinski definition) is 1. The van der Waals surface area contributed by atoms with Gasteiger partial charge in [0.2, 0.25) is 5.91 Å². The minimum absolute atomic E-state index is 0.0754. The highest BCUT2D eigenvalue weighted by molar-refractivity contribution is 7.99. The summed E-state index contributed by atoms with van der Waals surface area (Å²) in [5.41, 5.74) is 1.11. The molecule has 0 aliphatic heterocycles. The van der Waals surface area contributed by atoms with Crippen LogP contribution in [0.4, 0.5) is 0 Å². The Hall–Kier alpha value is -1.47. The molecule has 0 fully saturated rings. The van der Waals surface area contributed by atoms with Crippen molar-refractivity contribution in [1.82, 2.24) is 5.32 Å². The van der Waals surface area contributed by atoms with Crippen molar-refractivity contribution in [1.29, 1.82) is 5.26 Å². The Bertz CT molecular complexity index is 373. The molecule has 0 saturated carbocycles. The van der Waals surface area contributed by atoms with E-state index in [1.165, 1.54) is 0 Å². The van der Waals surface area contributed by atoms with Gasteiger partial charge >= 0.3 is 0 Å². The Kier molecular flexibility index (Phi) is 6.92. The summed E-state index contributed by atoms with van der Waals surface area (Å²) >= 11 is 1.57. The summed E-state index contributed by atoms with van der Waals surface area (Å²) in [6.45, 7) is 0.588. The van der Waals surface area contributed by atoms with Crippen LogP contribution < -0.4 is 5.32 Å². The summed E-state index contributed by atoms with van der Waals surface area (Å²) in [7, 11) is 0. The van der Waals surface area contributed by atoms with Crippen molar-refractivity contribution in [3.8, 4) is 6.07 Å². The van der Waals surface area contributed by atoms with Crippen LogP contribution in [0.5, 0.6) is 0 Å². The Labute approximate surface area is 106 Å². The van der Waals surface area contributed by atoms with Gasteiger partial charge in [0.15, 0.2) is 0 Å². The predicted molar refractivity (Wildman–Crippen MR) is 70.5 cm³/mol. The largest absolute Gasteiger partial charge is 0.352 e. The summed E-state index contributed by atoms with van der Waals surface area (Å²) in [4.78, 5) is 11.5. The van der Waals surface area contributed by atoms with Gasteiger partial charge in [-0.2, -0.15) is 5.26 Å². The van der Waals surface area contributed by atoms with E-state index in [1.54, 1.807) is 11.8 Å². The van der Waals surface area contributed by atoms with E-state index in [1.807, 2.05) is 30.3 Å². The first-order chi connectivity index (χ1) is 8.33. The highest BCUT2D eigenvalue weighted by atomic mass is 32.2. The monoisotopic (exact) mass is 248 g/mol. The zero-order chi connectivity index (χ0) is 12.3. The summed E-state index contributed by atoms with van der Waals surface area (Å²) < 4.78 is 0. The van der Waals surface area contributed by atoms with Crippen LogP contribution >= 0.6 is 11.8 Å². The fraction of sp³-hybridized carbons (Fsp3) is 0.385. The fourth-order valence-electron chi connectivity index (χ4n) is 1.34. The van der Waals surface area contributed by atoms with Crippen LogP contribution in [-0.2, 0) is 11.3 Å². The standard InChI is InChI=1S/C13H16N2OS/c14-8-10-17-9-4-7-13(16)15-11-12-5-2-1-3-6-12/h1-3,5-6H,4,7,9-11H2,(H,15,16). The maximum absolute atomic E-state index is 11.5. The van der Waals surface area contributed by atoms with E-state index in [4.69, 9.17) is 5.26 Å². The van der Waals surface area contributed by atoms with Gasteiger partial charge in [-0.05, 0) is 17.7 Å². The molecule has 0 aliphatic rings.